The molecule has 0 radical (unpaired) electrons. The second-order valence-corrected chi connectivity index (χ2v) is 6.22. The average Bonchev–Trinajstić information content (AvgIpc) is 2.67. The highest BCUT2D eigenvalue weighted by atomic mass is 35.5. The summed E-state index contributed by atoms with van der Waals surface area (Å²) in [5.74, 6) is 0.682. The number of fused-ring (bicyclic) bond motifs is 1. The van der Waals surface area contributed by atoms with Gasteiger partial charge in [0.2, 0.25) is 5.95 Å². The van der Waals surface area contributed by atoms with E-state index in [4.69, 9.17) is 11.6 Å². The smallest absolute Gasteiger partial charge is 0.254 e. The zero-order chi connectivity index (χ0) is 17.2. The standard InChI is InChI=1S/C18H16ClN5O/c19-16-12-14(13-4-1-2-5-15(13)22-16)17(25)23-8-10-24(11-9-23)18-20-6-3-7-21-18/h1-7,12H,8-11H2. The lowest BCUT2D eigenvalue weighted by atomic mass is 10.1. The normalized spacial score (nSPS) is 14.8. The molecule has 0 atom stereocenters. The molecule has 0 saturated carbocycles. The second kappa shape index (κ2) is 6.64. The van der Waals surface area contributed by atoms with Crippen molar-refractivity contribution in [1.82, 2.24) is 19.9 Å². The molecule has 3 heterocycles. The summed E-state index contributed by atoms with van der Waals surface area (Å²) < 4.78 is 0. The van der Waals surface area contributed by atoms with Crippen molar-refractivity contribution in [3.8, 4) is 0 Å². The lowest BCUT2D eigenvalue weighted by molar-refractivity contribution is 0.0748. The van der Waals surface area contributed by atoms with Crippen LogP contribution < -0.4 is 4.90 Å². The molecule has 1 aliphatic heterocycles. The van der Waals surface area contributed by atoms with Crippen LogP contribution in [0.4, 0.5) is 5.95 Å². The lowest BCUT2D eigenvalue weighted by Gasteiger charge is -2.34. The molecule has 1 fully saturated rings. The van der Waals surface area contributed by atoms with E-state index in [1.165, 1.54) is 0 Å². The molecule has 0 bridgehead atoms. The van der Waals surface area contributed by atoms with Crippen molar-refractivity contribution in [2.24, 2.45) is 0 Å². The third kappa shape index (κ3) is 3.13. The Morgan fingerprint density at radius 1 is 1.00 bits per heavy atom. The molecule has 0 unspecified atom stereocenters. The van der Waals surface area contributed by atoms with Gasteiger partial charge in [0.1, 0.15) is 5.15 Å². The fourth-order valence-corrected chi connectivity index (χ4v) is 3.25. The summed E-state index contributed by atoms with van der Waals surface area (Å²) >= 11 is 6.10. The number of carbonyl (C=O) groups excluding carboxylic acids is 1. The van der Waals surface area contributed by atoms with Crippen LogP contribution in [0.15, 0.2) is 48.8 Å². The maximum absolute atomic E-state index is 13.0. The van der Waals surface area contributed by atoms with Gasteiger partial charge in [-0.1, -0.05) is 29.8 Å². The van der Waals surface area contributed by atoms with Gasteiger partial charge in [-0.15, -0.1) is 0 Å². The van der Waals surface area contributed by atoms with E-state index in [0.29, 0.717) is 42.8 Å². The summed E-state index contributed by atoms with van der Waals surface area (Å²) in [6.07, 6.45) is 3.45. The molecule has 3 aromatic rings. The van der Waals surface area contributed by atoms with Gasteiger partial charge in [-0.25, -0.2) is 15.0 Å². The third-order valence-corrected chi connectivity index (χ3v) is 4.51. The van der Waals surface area contributed by atoms with Crippen molar-refractivity contribution >= 4 is 34.4 Å². The van der Waals surface area contributed by atoms with Crippen molar-refractivity contribution in [3.63, 3.8) is 0 Å². The zero-order valence-electron chi connectivity index (χ0n) is 13.5. The molecule has 0 aliphatic carbocycles. The van der Waals surface area contributed by atoms with Crippen molar-refractivity contribution in [2.75, 3.05) is 31.1 Å². The predicted octanol–water partition coefficient (Wildman–Crippen LogP) is 2.64. The van der Waals surface area contributed by atoms with Crippen LogP contribution in [-0.2, 0) is 0 Å². The molecule has 6 nitrogen and oxygen atoms in total. The number of anilines is 1. The zero-order valence-corrected chi connectivity index (χ0v) is 14.2. The molecule has 7 heteroatoms. The molecular formula is C18H16ClN5O. The minimum absolute atomic E-state index is 0.0193. The van der Waals surface area contributed by atoms with Gasteiger partial charge in [-0.2, -0.15) is 0 Å². The van der Waals surface area contributed by atoms with E-state index >= 15 is 0 Å². The van der Waals surface area contributed by atoms with Crippen LogP contribution in [0.25, 0.3) is 10.9 Å². The van der Waals surface area contributed by atoms with Crippen molar-refractivity contribution < 1.29 is 4.79 Å². The molecule has 4 rings (SSSR count). The number of aromatic nitrogens is 3. The average molecular weight is 354 g/mol. The molecule has 0 N–H and O–H groups in total. The number of piperazine rings is 1. The van der Waals surface area contributed by atoms with Crippen molar-refractivity contribution in [1.29, 1.82) is 0 Å². The van der Waals surface area contributed by atoms with E-state index in [1.54, 1.807) is 24.5 Å². The Morgan fingerprint density at radius 2 is 1.72 bits per heavy atom. The fourth-order valence-electron chi connectivity index (χ4n) is 3.05. The maximum Gasteiger partial charge on any atom is 0.254 e. The Labute approximate surface area is 150 Å². The minimum Gasteiger partial charge on any atom is -0.337 e. The van der Waals surface area contributed by atoms with Gasteiger partial charge in [0, 0.05) is 44.0 Å². The first-order valence-corrected chi connectivity index (χ1v) is 8.47. The lowest BCUT2D eigenvalue weighted by Crippen LogP contribution is -2.49. The topological polar surface area (TPSA) is 62.2 Å². The van der Waals surface area contributed by atoms with E-state index in [1.807, 2.05) is 29.2 Å². The van der Waals surface area contributed by atoms with Crippen LogP contribution in [0.1, 0.15) is 10.4 Å². The van der Waals surface area contributed by atoms with Gasteiger partial charge in [-0.05, 0) is 18.2 Å². The molecule has 126 valence electrons. The van der Waals surface area contributed by atoms with E-state index in [9.17, 15) is 4.79 Å². The Kier molecular flexibility index (Phi) is 4.19. The summed E-state index contributed by atoms with van der Waals surface area (Å²) in [4.78, 5) is 29.8. The molecule has 1 aromatic carbocycles. The Hall–Kier alpha value is -2.73. The van der Waals surface area contributed by atoms with Gasteiger partial charge in [0.15, 0.2) is 0 Å². The molecule has 1 amide bonds. The number of amides is 1. The maximum atomic E-state index is 13.0. The van der Waals surface area contributed by atoms with E-state index in [-0.39, 0.29) is 5.91 Å². The van der Waals surface area contributed by atoms with E-state index in [2.05, 4.69) is 19.9 Å². The van der Waals surface area contributed by atoms with Crippen LogP contribution in [-0.4, -0.2) is 51.9 Å². The second-order valence-electron chi connectivity index (χ2n) is 5.84. The Balaban J connectivity index is 1.55. The van der Waals surface area contributed by atoms with Gasteiger partial charge >= 0.3 is 0 Å². The number of rotatable bonds is 2. The van der Waals surface area contributed by atoms with Crippen LogP contribution in [0, 0.1) is 0 Å². The van der Waals surface area contributed by atoms with Gasteiger partial charge in [0.25, 0.3) is 5.91 Å². The number of halogens is 1. The highest BCUT2D eigenvalue weighted by Crippen LogP contribution is 2.23. The molecule has 1 saturated heterocycles. The summed E-state index contributed by atoms with van der Waals surface area (Å²) in [6, 6.07) is 11.0. The summed E-state index contributed by atoms with van der Waals surface area (Å²) in [5.41, 5.74) is 1.33. The minimum atomic E-state index is -0.0193. The Morgan fingerprint density at radius 3 is 2.48 bits per heavy atom. The first-order chi connectivity index (χ1) is 12.2. The SMILES string of the molecule is O=C(c1cc(Cl)nc2ccccc12)N1CCN(c2ncccn2)CC1. The highest BCUT2D eigenvalue weighted by molar-refractivity contribution is 6.30. The van der Waals surface area contributed by atoms with Crippen molar-refractivity contribution in [3.05, 3.63) is 59.5 Å². The predicted molar refractivity (Wildman–Crippen MR) is 96.9 cm³/mol. The van der Waals surface area contributed by atoms with Crippen LogP contribution in [0.3, 0.4) is 0 Å². The number of hydrogen-bond donors (Lipinski definition) is 0. The van der Waals surface area contributed by atoms with E-state index in [0.717, 1.165) is 10.9 Å². The first-order valence-electron chi connectivity index (χ1n) is 8.09. The number of nitrogens with zero attached hydrogens (tertiary/aromatic N) is 5. The number of hydrogen-bond acceptors (Lipinski definition) is 5. The van der Waals surface area contributed by atoms with Crippen LogP contribution in [0.5, 0.6) is 0 Å². The summed E-state index contributed by atoms with van der Waals surface area (Å²) in [6.45, 7) is 2.63. The molecule has 2 aromatic heterocycles. The summed E-state index contributed by atoms with van der Waals surface area (Å²) in [7, 11) is 0. The third-order valence-electron chi connectivity index (χ3n) is 4.32. The van der Waals surface area contributed by atoms with Gasteiger partial charge < -0.3 is 9.80 Å². The van der Waals surface area contributed by atoms with E-state index < -0.39 is 0 Å². The van der Waals surface area contributed by atoms with Crippen molar-refractivity contribution in [2.45, 2.75) is 0 Å². The summed E-state index contributed by atoms with van der Waals surface area (Å²) in [5, 5.41) is 1.16. The number of pyridine rings is 1. The Bertz CT molecular complexity index is 910. The van der Waals surface area contributed by atoms with Crippen LogP contribution in [0.2, 0.25) is 5.15 Å². The largest absolute Gasteiger partial charge is 0.337 e. The molecule has 1 aliphatic rings. The quantitative estimate of drug-likeness (QED) is 0.663. The van der Waals surface area contributed by atoms with Gasteiger partial charge in [0.05, 0.1) is 11.1 Å². The van der Waals surface area contributed by atoms with Gasteiger partial charge in [-0.3, -0.25) is 4.79 Å². The number of para-hydroxylation sites is 1. The number of benzene rings is 1. The molecule has 0 spiro atoms. The fraction of sp³-hybridized carbons (Fsp3) is 0.222. The van der Waals surface area contributed by atoms with Crippen LogP contribution >= 0.6 is 11.6 Å². The first kappa shape index (κ1) is 15.8. The molecule has 25 heavy (non-hydrogen) atoms. The number of carbonyl (C=O) groups is 1. The highest BCUT2D eigenvalue weighted by Gasteiger charge is 2.24. The molecular weight excluding hydrogens is 338 g/mol. The monoisotopic (exact) mass is 353 g/mol.